The fourth-order valence-corrected chi connectivity index (χ4v) is 3.18. The van der Waals surface area contributed by atoms with E-state index in [-0.39, 0.29) is 11.4 Å². The van der Waals surface area contributed by atoms with E-state index >= 15 is 0 Å². The summed E-state index contributed by atoms with van der Waals surface area (Å²) in [5.74, 6) is 0.247. The van der Waals surface area contributed by atoms with Gasteiger partial charge in [0.05, 0.1) is 17.3 Å². The first kappa shape index (κ1) is 12.8. The molecule has 0 aliphatic heterocycles. The summed E-state index contributed by atoms with van der Waals surface area (Å²) in [6.07, 6.45) is 0. The third-order valence-electron chi connectivity index (χ3n) is 2.73. The number of fused-ring (bicyclic) bond motifs is 1. The van der Waals surface area contributed by atoms with Crippen molar-refractivity contribution in [1.29, 1.82) is 0 Å². The molecule has 1 aromatic carbocycles. The van der Waals surface area contributed by atoms with Gasteiger partial charge < -0.3 is 0 Å². The topological polar surface area (TPSA) is 34.4 Å². The highest BCUT2D eigenvalue weighted by atomic mass is 79.9. The normalized spacial score (nSPS) is 11.1. The van der Waals surface area contributed by atoms with Crippen molar-refractivity contribution in [1.82, 2.24) is 9.38 Å². The summed E-state index contributed by atoms with van der Waals surface area (Å²) in [5.41, 5.74) is 2.35. The van der Waals surface area contributed by atoms with Crippen LogP contribution in [-0.2, 0) is 5.88 Å². The van der Waals surface area contributed by atoms with E-state index in [4.69, 9.17) is 11.6 Å². The van der Waals surface area contributed by atoms with Crippen molar-refractivity contribution in [2.24, 2.45) is 0 Å². The fourth-order valence-electron chi connectivity index (χ4n) is 1.85. The van der Waals surface area contributed by atoms with Crippen molar-refractivity contribution >= 4 is 43.8 Å². The second kappa shape index (κ2) is 5.07. The Morgan fingerprint density at radius 3 is 2.74 bits per heavy atom. The molecular formula is C13H8BrClN2OS. The largest absolute Gasteiger partial charge is 0.269 e. The molecule has 0 fully saturated rings. The van der Waals surface area contributed by atoms with Gasteiger partial charge in [-0.1, -0.05) is 28.1 Å². The minimum atomic E-state index is -0.0974. The Morgan fingerprint density at radius 2 is 2.05 bits per heavy atom. The quantitative estimate of drug-likeness (QED) is 0.653. The van der Waals surface area contributed by atoms with Crippen LogP contribution >= 0.6 is 38.9 Å². The highest BCUT2D eigenvalue weighted by Crippen LogP contribution is 2.25. The lowest BCUT2D eigenvalue weighted by atomic mass is 10.2. The highest BCUT2D eigenvalue weighted by Gasteiger charge is 2.10. The van der Waals surface area contributed by atoms with E-state index in [1.165, 1.54) is 17.4 Å². The summed E-state index contributed by atoms with van der Waals surface area (Å²) in [6.45, 7) is 0. The van der Waals surface area contributed by atoms with Crippen LogP contribution in [0.3, 0.4) is 0 Å². The molecule has 0 bridgehead atoms. The fraction of sp³-hybridized carbons (Fsp3) is 0.0769. The van der Waals surface area contributed by atoms with Crippen molar-refractivity contribution in [2.45, 2.75) is 5.88 Å². The number of aromatic nitrogens is 2. The molecule has 0 aliphatic rings. The molecule has 0 unspecified atom stereocenters. The molecule has 3 aromatic rings. The lowest BCUT2D eigenvalue weighted by molar-refractivity contribution is 1.04. The number of hydrogen-bond donors (Lipinski definition) is 0. The number of halogens is 2. The van der Waals surface area contributed by atoms with Crippen LogP contribution in [0.5, 0.6) is 0 Å². The van der Waals surface area contributed by atoms with Gasteiger partial charge in [-0.25, -0.2) is 4.98 Å². The maximum Gasteiger partial charge on any atom is 0.259 e. The van der Waals surface area contributed by atoms with Gasteiger partial charge in [0.25, 0.3) is 5.56 Å². The summed E-state index contributed by atoms with van der Waals surface area (Å²) in [4.78, 5) is 17.2. The number of thiazole rings is 1. The van der Waals surface area contributed by atoms with Gasteiger partial charge in [-0.2, -0.15) is 0 Å². The molecule has 0 radical (unpaired) electrons. The van der Waals surface area contributed by atoms with Crippen LogP contribution < -0.4 is 5.56 Å². The SMILES string of the molecule is O=c1cc(CCl)nc2scc(-c3ccc(Br)cc3)n12. The number of benzene rings is 1. The van der Waals surface area contributed by atoms with Gasteiger partial charge in [0.15, 0.2) is 4.96 Å². The lowest BCUT2D eigenvalue weighted by Gasteiger charge is -2.02. The lowest BCUT2D eigenvalue weighted by Crippen LogP contribution is -2.14. The molecule has 2 aromatic heterocycles. The first-order valence-corrected chi connectivity index (χ1v) is 7.72. The Labute approximate surface area is 126 Å². The van der Waals surface area contributed by atoms with Crippen molar-refractivity contribution in [3.63, 3.8) is 0 Å². The zero-order chi connectivity index (χ0) is 13.4. The second-order valence-electron chi connectivity index (χ2n) is 3.97. The smallest absolute Gasteiger partial charge is 0.259 e. The molecule has 3 rings (SSSR count). The van der Waals surface area contributed by atoms with Gasteiger partial charge in [0.2, 0.25) is 0 Å². The highest BCUT2D eigenvalue weighted by molar-refractivity contribution is 9.10. The molecule has 2 heterocycles. The van der Waals surface area contributed by atoms with Crippen LogP contribution in [0.4, 0.5) is 0 Å². The van der Waals surface area contributed by atoms with Gasteiger partial charge in [-0.3, -0.25) is 9.20 Å². The monoisotopic (exact) mass is 354 g/mol. The van der Waals surface area contributed by atoms with Gasteiger partial charge in [0.1, 0.15) is 0 Å². The van der Waals surface area contributed by atoms with Crippen LogP contribution in [0.2, 0.25) is 0 Å². The molecule has 0 amide bonds. The first-order valence-electron chi connectivity index (χ1n) is 5.51. The number of rotatable bonds is 2. The van der Waals surface area contributed by atoms with Gasteiger partial charge in [-0.15, -0.1) is 22.9 Å². The number of nitrogens with zero attached hydrogens (tertiary/aromatic N) is 2. The van der Waals surface area contributed by atoms with Crippen LogP contribution in [-0.4, -0.2) is 9.38 Å². The molecular weight excluding hydrogens is 348 g/mol. The molecule has 0 N–H and O–H groups in total. The van der Waals surface area contributed by atoms with Crippen LogP contribution in [0, 0.1) is 0 Å². The van der Waals surface area contributed by atoms with Crippen LogP contribution in [0.15, 0.2) is 45.0 Å². The minimum Gasteiger partial charge on any atom is -0.269 e. The molecule has 6 heteroatoms. The molecule has 96 valence electrons. The average Bonchev–Trinajstić information content (AvgIpc) is 2.84. The summed E-state index contributed by atoms with van der Waals surface area (Å²) in [6, 6.07) is 9.31. The Balaban J connectivity index is 2.26. The average molecular weight is 356 g/mol. The van der Waals surface area contributed by atoms with E-state index in [0.717, 1.165) is 15.7 Å². The Bertz CT molecular complexity index is 795. The van der Waals surface area contributed by atoms with E-state index in [0.29, 0.717) is 10.7 Å². The van der Waals surface area contributed by atoms with E-state index in [9.17, 15) is 4.79 Å². The standard InChI is InChI=1S/C13H8BrClN2OS/c14-9-3-1-8(2-4-9)11-7-19-13-16-10(6-15)5-12(18)17(11)13/h1-5,7H,6H2. The molecule has 0 aliphatic carbocycles. The Morgan fingerprint density at radius 1 is 1.32 bits per heavy atom. The van der Waals surface area contributed by atoms with Crippen molar-refractivity contribution in [2.75, 3.05) is 0 Å². The van der Waals surface area contributed by atoms with E-state index in [2.05, 4.69) is 20.9 Å². The second-order valence-corrected chi connectivity index (χ2v) is 5.98. The van der Waals surface area contributed by atoms with E-state index < -0.39 is 0 Å². The van der Waals surface area contributed by atoms with Crippen molar-refractivity contribution in [3.8, 4) is 11.3 Å². The maximum absolute atomic E-state index is 12.1. The molecule has 0 atom stereocenters. The van der Waals surface area contributed by atoms with Crippen LogP contribution in [0.1, 0.15) is 5.69 Å². The molecule has 0 saturated carbocycles. The summed E-state index contributed by atoms with van der Waals surface area (Å²) in [5, 5.41) is 1.94. The first-order chi connectivity index (χ1) is 9.19. The molecule has 0 spiro atoms. The minimum absolute atomic E-state index is 0.0974. The Hall–Kier alpha value is -1.17. The van der Waals surface area contributed by atoms with Crippen molar-refractivity contribution in [3.05, 3.63) is 56.2 Å². The summed E-state index contributed by atoms with van der Waals surface area (Å²) >= 11 is 10.6. The summed E-state index contributed by atoms with van der Waals surface area (Å²) in [7, 11) is 0. The predicted octanol–water partition coefficient (Wildman–Crippen LogP) is 3.92. The van der Waals surface area contributed by atoms with Crippen LogP contribution in [0.25, 0.3) is 16.2 Å². The van der Waals surface area contributed by atoms with Crippen molar-refractivity contribution < 1.29 is 0 Å². The zero-order valence-electron chi connectivity index (χ0n) is 9.64. The van der Waals surface area contributed by atoms with E-state index in [1.54, 1.807) is 4.40 Å². The third kappa shape index (κ3) is 2.33. The number of hydrogen-bond acceptors (Lipinski definition) is 3. The molecule has 3 nitrogen and oxygen atoms in total. The zero-order valence-corrected chi connectivity index (χ0v) is 12.8. The summed E-state index contributed by atoms with van der Waals surface area (Å²) < 4.78 is 2.62. The Kier molecular flexibility index (Phi) is 3.43. The van der Waals surface area contributed by atoms with E-state index in [1.807, 2.05) is 29.6 Å². The van der Waals surface area contributed by atoms with Gasteiger partial charge in [0, 0.05) is 15.9 Å². The molecule has 19 heavy (non-hydrogen) atoms. The third-order valence-corrected chi connectivity index (χ3v) is 4.36. The maximum atomic E-state index is 12.1. The number of alkyl halides is 1. The predicted molar refractivity (Wildman–Crippen MR) is 82.0 cm³/mol. The molecule has 0 saturated heterocycles. The van der Waals surface area contributed by atoms with Gasteiger partial charge in [-0.05, 0) is 17.7 Å². The van der Waals surface area contributed by atoms with Gasteiger partial charge >= 0.3 is 0 Å².